The van der Waals surface area contributed by atoms with Crippen molar-refractivity contribution in [1.82, 2.24) is 19.5 Å². The van der Waals surface area contributed by atoms with Gasteiger partial charge in [0.15, 0.2) is 17.4 Å². The summed E-state index contributed by atoms with van der Waals surface area (Å²) in [5.74, 6) is 0.366. The zero-order chi connectivity index (χ0) is 16.3. The molecule has 24 heavy (non-hydrogen) atoms. The number of rotatable bonds is 1. The number of nitrogens with one attached hydrogen (secondary N) is 1. The fraction of sp³-hybridized carbons (Fsp3) is 0.545. The molecule has 2 aliphatic heterocycles. The SMILES string of the molecule is Cc1nc2c(=O)[nH]c(N)nc2n1[C@@H]1O[C@@H]2COP(O)O[C@H]2[C@H]1O.O. The van der Waals surface area contributed by atoms with Gasteiger partial charge in [0.1, 0.15) is 24.1 Å². The van der Waals surface area contributed by atoms with Crippen molar-refractivity contribution in [3.8, 4) is 0 Å². The van der Waals surface area contributed by atoms with Crippen molar-refractivity contribution in [3.05, 3.63) is 16.2 Å². The van der Waals surface area contributed by atoms with Gasteiger partial charge >= 0.3 is 8.60 Å². The van der Waals surface area contributed by atoms with Crippen LogP contribution in [0.15, 0.2) is 4.79 Å². The largest absolute Gasteiger partial charge is 0.412 e. The molecule has 2 aromatic heterocycles. The molecular formula is C11H16N5O7P. The second kappa shape index (κ2) is 6.01. The molecular weight excluding hydrogens is 345 g/mol. The van der Waals surface area contributed by atoms with Gasteiger partial charge in [-0.1, -0.05) is 0 Å². The Morgan fingerprint density at radius 1 is 1.46 bits per heavy atom. The highest BCUT2D eigenvalue weighted by atomic mass is 31.2. The summed E-state index contributed by atoms with van der Waals surface area (Å²) >= 11 is 0. The van der Waals surface area contributed by atoms with Gasteiger partial charge in [-0.15, -0.1) is 0 Å². The van der Waals surface area contributed by atoms with E-state index in [4.69, 9.17) is 19.5 Å². The number of aromatic nitrogens is 4. The van der Waals surface area contributed by atoms with Gasteiger partial charge in [0, 0.05) is 0 Å². The lowest BCUT2D eigenvalue weighted by Gasteiger charge is -2.27. The molecule has 0 spiro atoms. The third kappa shape index (κ3) is 2.48. The maximum absolute atomic E-state index is 11.9. The Kier molecular flexibility index (Phi) is 4.30. The first-order valence-electron chi connectivity index (χ1n) is 6.82. The topological polar surface area (TPSA) is 189 Å². The van der Waals surface area contributed by atoms with E-state index in [1.54, 1.807) is 6.92 Å². The van der Waals surface area contributed by atoms with E-state index in [1.807, 2.05) is 0 Å². The Morgan fingerprint density at radius 3 is 2.96 bits per heavy atom. The monoisotopic (exact) mass is 361 g/mol. The number of nitrogen functional groups attached to an aromatic ring is 1. The maximum atomic E-state index is 11.9. The normalized spacial score (nSPS) is 32.5. The number of aromatic amines is 1. The number of fused-ring (bicyclic) bond motifs is 2. The number of nitrogens with two attached hydrogens (primary N) is 1. The van der Waals surface area contributed by atoms with Crippen LogP contribution in [0, 0.1) is 6.92 Å². The summed E-state index contributed by atoms with van der Waals surface area (Å²) in [7, 11) is -2.03. The van der Waals surface area contributed by atoms with Crippen LogP contribution in [-0.4, -0.2) is 59.9 Å². The van der Waals surface area contributed by atoms with Crippen LogP contribution in [0.25, 0.3) is 11.2 Å². The summed E-state index contributed by atoms with van der Waals surface area (Å²) < 4.78 is 17.5. The third-order valence-electron chi connectivity index (χ3n) is 3.87. The summed E-state index contributed by atoms with van der Waals surface area (Å²) in [4.78, 5) is 32.0. The summed E-state index contributed by atoms with van der Waals surface area (Å²) in [5, 5.41) is 10.5. The van der Waals surface area contributed by atoms with Gasteiger partial charge < -0.3 is 35.0 Å². The molecule has 2 aromatic rings. The van der Waals surface area contributed by atoms with Crippen molar-refractivity contribution < 1.29 is 29.3 Å². The molecule has 0 amide bonds. The van der Waals surface area contributed by atoms with Crippen molar-refractivity contribution in [1.29, 1.82) is 0 Å². The molecule has 2 saturated heterocycles. The highest BCUT2D eigenvalue weighted by Gasteiger charge is 2.50. The van der Waals surface area contributed by atoms with E-state index in [1.165, 1.54) is 4.57 Å². The zero-order valence-electron chi connectivity index (χ0n) is 12.4. The predicted octanol–water partition coefficient (Wildman–Crippen LogP) is -1.92. The van der Waals surface area contributed by atoms with Crippen LogP contribution in [0.2, 0.25) is 0 Å². The maximum Gasteiger partial charge on any atom is 0.330 e. The van der Waals surface area contributed by atoms with Crippen molar-refractivity contribution in [2.24, 2.45) is 0 Å². The first kappa shape index (κ1) is 17.2. The average molecular weight is 361 g/mol. The summed E-state index contributed by atoms with van der Waals surface area (Å²) in [6.45, 7) is 1.76. The molecule has 2 fully saturated rings. The fourth-order valence-corrected chi connectivity index (χ4v) is 3.69. The van der Waals surface area contributed by atoms with Gasteiger partial charge in [0.25, 0.3) is 5.56 Å². The van der Waals surface area contributed by atoms with Crippen LogP contribution in [0.3, 0.4) is 0 Å². The number of aliphatic hydroxyl groups excluding tert-OH is 1. The number of nitrogens with zero attached hydrogens (tertiary/aromatic N) is 3. The van der Waals surface area contributed by atoms with Crippen molar-refractivity contribution in [2.45, 2.75) is 31.5 Å². The van der Waals surface area contributed by atoms with Crippen molar-refractivity contribution in [3.63, 3.8) is 0 Å². The molecule has 12 nitrogen and oxygen atoms in total. The van der Waals surface area contributed by atoms with E-state index in [0.717, 1.165) is 0 Å². The number of hydrogen-bond donors (Lipinski definition) is 4. The number of H-pyrrole nitrogens is 1. The van der Waals surface area contributed by atoms with Gasteiger partial charge in [-0.05, 0) is 6.92 Å². The van der Waals surface area contributed by atoms with E-state index >= 15 is 0 Å². The highest BCUT2D eigenvalue weighted by Crippen LogP contribution is 2.46. The minimum Gasteiger partial charge on any atom is -0.412 e. The lowest BCUT2D eigenvalue weighted by atomic mass is 10.1. The van der Waals surface area contributed by atoms with E-state index < -0.39 is 38.7 Å². The van der Waals surface area contributed by atoms with Gasteiger partial charge in [0.05, 0.1) is 6.61 Å². The van der Waals surface area contributed by atoms with Crippen LogP contribution < -0.4 is 11.3 Å². The van der Waals surface area contributed by atoms with Gasteiger partial charge in [-0.25, -0.2) is 4.98 Å². The lowest BCUT2D eigenvalue weighted by Crippen LogP contribution is -2.38. The molecule has 4 rings (SSSR count). The first-order valence-corrected chi connectivity index (χ1v) is 7.95. The van der Waals surface area contributed by atoms with E-state index in [9.17, 15) is 14.8 Å². The zero-order valence-corrected chi connectivity index (χ0v) is 13.3. The number of hydrogen-bond acceptors (Lipinski definition) is 9. The van der Waals surface area contributed by atoms with Crippen LogP contribution in [0.4, 0.5) is 5.95 Å². The summed E-state index contributed by atoms with van der Waals surface area (Å²) in [6, 6.07) is 0. The molecule has 7 N–H and O–H groups in total. The van der Waals surface area contributed by atoms with Crippen molar-refractivity contribution >= 4 is 25.7 Å². The third-order valence-corrected chi connectivity index (χ3v) is 4.66. The highest BCUT2D eigenvalue weighted by molar-refractivity contribution is 7.40. The van der Waals surface area contributed by atoms with Gasteiger partial charge in [-0.3, -0.25) is 14.3 Å². The fourth-order valence-electron chi connectivity index (χ4n) is 2.88. The van der Waals surface area contributed by atoms with Crippen LogP contribution in [0.1, 0.15) is 12.1 Å². The van der Waals surface area contributed by atoms with Crippen molar-refractivity contribution in [2.75, 3.05) is 12.3 Å². The lowest BCUT2D eigenvalue weighted by molar-refractivity contribution is -0.0593. The minimum atomic E-state index is -2.03. The number of aryl methyl sites for hydroxylation is 1. The molecule has 13 heteroatoms. The van der Waals surface area contributed by atoms with E-state index in [0.29, 0.717) is 5.82 Å². The van der Waals surface area contributed by atoms with E-state index in [2.05, 4.69) is 15.0 Å². The number of imidazole rings is 1. The van der Waals surface area contributed by atoms with Crippen LogP contribution in [-0.2, 0) is 13.8 Å². The second-order valence-electron chi connectivity index (χ2n) is 5.31. The molecule has 0 radical (unpaired) electrons. The Morgan fingerprint density at radius 2 is 2.21 bits per heavy atom. The molecule has 0 aromatic carbocycles. The second-order valence-corrected chi connectivity index (χ2v) is 6.26. The Labute approximate surface area is 135 Å². The molecule has 0 aliphatic carbocycles. The van der Waals surface area contributed by atoms with Gasteiger partial charge in [-0.2, -0.15) is 4.98 Å². The molecule has 4 heterocycles. The molecule has 2 aliphatic rings. The number of anilines is 1. The predicted molar refractivity (Wildman–Crippen MR) is 80.8 cm³/mol. The smallest absolute Gasteiger partial charge is 0.330 e. The number of ether oxygens (including phenoxy) is 1. The van der Waals surface area contributed by atoms with Crippen LogP contribution in [0.5, 0.6) is 0 Å². The molecule has 0 saturated carbocycles. The molecule has 132 valence electrons. The van der Waals surface area contributed by atoms with Gasteiger partial charge in [0.2, 0.25) is 5.95 Å². The quantitative estimate of drug-likeness (QED) is 0.419. The molecule has 0 bridgehead atoms. The molecule has 1 unspecified atom stereocenters. The number of aliphatic hydroxyl groups is 1. The van der Waals surface area contributed by atoms with Crippen LogP contribution >= 0.6 is 8.60 Å². The Hall–Kier alpha value is -1.66. The summed E-state index contributed by atoms with van der Waals surface area (Å²) in [5.41, 5.74) is 5.42. The Bertz CT molecular complexity index is 825. The minimum absolute atomic E-state index is 0. The standard InChI is InChI=1S/C11H14N5O6P.H2O/c1-3-13-5-8(14-11(12)15-9(5)18)16(3)10-6(17)7-4(21-10)2-20-23(19)22-7;/h4,6-7,10,17,19H,2H2,1H3,(H3,12,14,15,18);1H2/t4-,6-,7-,10-,23?;/m1./s1. The first-order chi connectivity index (χ1) is 11.0. The molecule has 5 atom stereocenters. The average Bonchev–Trinajstić information content (AvgIpc) is 2.97. The van der Waals surface area contributed by atoms with E-state index in [-0.39, 0.29) is 29.2 Å². The Balaban J connectivity index is 0.00000169. The summed E-state index contributed by atoms with van der Waals surface area (Å²) in [6.07, 6.45) is -3.24.